The van der Waals surface area contributed by atoms with Crippen molar-refractivity contribution in [3.05, 3.63) is 29.3 Å². The number of primary amides is 1. The van der Waals surface area contributed by atoms with Crippen molar-refractivity contribution in [3.8, 4) is 0 Å². The third-order valence-corrected chi connectivity index (χ3v) is 2.24. The third-order valence-electron chi connectivity index (χ3n) is 2.24. The molecule has 0 fully saturated rings. The van der Waals surface area contributed by atoms with Crippen LogP contribution in [0, 0.1) is 6.92 Å². The van der Waals surface area contributed by atoms with E-state index < -0.39 is 17.6 Å². The smallest absolute Gasteiger partial charge is 0.385 e. The third kappa shape index (κ3) is 3.97. The van der Waals surface area contributed by atoms with Gasteiger partial charge in [0.05, 0.1) is 5.56 Å². The van der Waals surface area contributed by atoms with Gasteiger partial charge in [-0.3, -0.25) is 4.79 Å². The van der Waals surface area contributed by atoms with E-state index in [4.69, 9.17) is 5.73 Å². The first-order valence-electron chi connectivity index (χ1n) is 5.00. The van der Waals surface area contributed by atoms with Gasteiger partial charge in [0.15, 0.2) is 0 Å². The van der Waals surface area contributed by atoms with Crippen LogP contribution in [0.4, 0.5) is 18.9 Å². The molecule has 0 atom stereocenters. The summed E-state index contributed by atoms with van der Waals surface area (Å²) in [5.41, 5.74) is 4.73. The van der Waals surface area contributed by atoms with Crippen LogP contribution in [0.1, 0.15) is 17.5 Å². The molecule has 0 aliphatic carbocycles. The standard InChI is InChI=1S/C11H13F3N2O/c1-7-2-3-8(16-5-4-10(15)17)6-9(7)11(12,13)14/h2-3,6,16H,4-5H2,1H3,(H2,15,17). The van der Waals surface area contributed by atoms with E-state index in [0.29, 0.717) is 5.69 Å². The van der Waals surface area contributed by atoms with Gasteiger partial charge in [-0.15, -0.1) is 0 Å². The molecule has 1 amide bonds. The molecule has 0 saturated carbocycles. The molecular weight excluding hydrogens is 233 g/mol. The van der Waals surface area contributed by atoms with Crippen molar-refractivity contribution in [1.82, 2.24) is 0 Å². The van der Waals surface area contributed by atoms with Crippen molar-refractivity contribution in [2.75, 3.05) is 11.9 Å². The van der Waals surface area contributed by atoms with Crippen LogP contribution in [-0.4, -0.2) is 12.5 Å². The molecule has 0 bridgehead atoms. The lowest BCUT2D eigenvalue weighted by molar-refractivity contribution is -0.138. The van der Waals surface area contributed by atoms with Gasteiger partial charge in [-0.25, -0.2) is 0 Å². The first-order chi connectivity index (χ1) is 7.80. The lowest BCUT2D eigenvalue weighted by Gasteiger charge is -2.13. The Kier molecular flexibility index (Phi) is 3.98. The minimum absolute atomic E-state index is 0.0786. The molecule has 94 valence electrons. The van der Waals surface area contributed by atoms with Gasteiger partial charge in [0.2, 0.25) is 5.91 Å². The number of nitrogens with two attached hydrogens (primary N) is 1. The zero-order chi connectivity index (χ0) is 13.1. The normalized spacial score (nSPS) is 11.3. The zero-order valence-corrected chi connectivity index (χ0v) is 9.27. The molecule has 0 aromatic heterocycles. The molecule has 0 saturated heterocycles. The lowest BCUT2D eigenvalue weighted by atomic mass is 10.1. The number of rotatable bonds is 4. The summed E-state index contributed by atoms with van der Waals surface area (Å²) in [5, 5.41) is 2.71. The Balaban J connectivity index is 2.79. The Hall–Kier alpha value is -1.72. The van der Waals surface area contributed by atoms with Crippen LogP contribution in [0.25, 0.3) is 0 Å². The number of amides is 1. The topological polar surface area (TPSA) is 55.1 Å². The van der Waals surface area contributed by atoms with E-state index in [-0.39, 0.29) is 18.5 Å². The summed E-state index contributed by atoms with van der Waals surface area (Å²) in [5.74, 6) is -0.499. The summed E-state index contributed by atoms with van der Waals surface area (Å²) in [7, 11) is 0. The minimum atomic E-state index is -4.37. The highest BCUT2D eigenvalue weighted by Crippen LogP contribution is 2.33. The summed E-state index contributed by atoms with van der Waals surface area (Å²) < 4.78 is 37.7. The summed E-state index contributed by atoms with van der Waals surface area (Å²) in [6.45, 7) is 1.62. The molecule has 3 N–H and O–H groups in total. The van der Waals surface area contributed by atoms with E-state index in [1.54, 1.807) is 0 Å². The molecular formula is C11H13F3N2O. The van der Waals surface area contributed by atoms with E-state index in [0.717, 1.165) is 6.07 Å². The fourth-order valence-electron chi connectivity index (χ4n) is 1.37. The molecule has 17 heavy (non-hydrogen) atoms. The molecule has 1 aromatic carbocycles. The van der Waals surface area contributed by atoms with Gasteiger partial charge in [0.25, 0.3) is 0 Å². The predicted octanol–water partition coefficient (Wildman–Crippen LogP) is 2.30. The summed E-state index contributed by atoms with van der Waals surface area (Å²) in [6.07, 6.45) is -4.29. The molecule has 0 radical (unpaired) electrons. The summed E-state index contributed by atoms with van der Waals surface area (Å²) in [6, 6.07) is 3.94. The van der Waals surface area contributed by atoms with Crippen molar-refractivity contribution in [1.29, 1.82) is 0 Å². The maximum atomic E-state index is 12.6. The van der Waals surface area contributed by atoms with Gasteiger partial charge in [0.1, 0.15) is 0 Å². The van der Waals surface area contributed by atoms with E-state index in [2.05, 4.69) is 5.32 Å². The van der Waals surface area contributed by atoms with Gasteiger partial charge < -0.3 is 11.1 Å². The number of carbonyl (C=O) groups is 1. The Morgan fingerprint density at radius 2 is 2.06 bits per heavy atom. The maximum Gasteiger partial charge on any atom is 0.416 e. The lowest BCUT2D eigenvalue weighted by Crippen LogP contribution is -2.16. The van der Waals surface area contributed by atoms with Crippen LogP contribution >= 0.6 is 0 Å². The molecule has 1 rings (SSSR count). The van der Waals surface area contributed by atoms with Crippen LogP contribution in [0.15, 0.2) is 18.2 Å². The Morgan fingerprint density at radius 3 is 2.59 bits per heavy atom. The first-order valence-corrected chi connectivity index (χ1v) is 5.00. The van der Waals surface area contributed by atoms with E-state index in [1.807, 2.05) is 0 Å². The molecule has 0 spiro atoms. The van der Waals surface area contributed by atoms with E-state index >= 15 is 0 Å². The number of hydrogen-bond donors (Lipinski definition) is 2. The molecule has 6 heteroatoms. The summed E-state index contributed by atoms with van der Waals surface area (Å²) in [4.78, 5) is 10.5. The number of aryl methyl sites for hydroxylation is 1. The molecule has 0 heterocycles. The maximum absolute atomic E-state index is 12.6. The van der Waals surface area contributed by atoms with Gasteiger partial charge >= 0.3 is 6.18 Å². The Labute approximate surface area is 96.8 Å². The van der Waals surface area contributed by atoms with Crippen LogP contribution in [0.3, 0.4) is 0 Å². The first kappa shape index (κ1) is 13.3. The number of benzene rings is 1. The average Bonchev–Trinajstić information content (AvgIpc) is 2.18. The molecule has 1 aromatic rings. The summed E-state index contributed by atoms with van der Waals surface area (Å²) >= 11 is 0. The fourth-order valence-corrected chi connectivity index (χ4v) is 1.37. The fraction of sp³-hybridized carbons (Fsp3) is 0.364. The molecule has 0 aliphatic heterocycles. The number of alkyl halides is 3. The van der Waals surface area contributed by atoms with Gasteiger partial charge in [-0.1, -0.05) is 6.07 Å². The number of carbonyl (C=O) groups excluding carboxylic acids is 1. The largest absolute Gasteiger partial charge is 0.416 e. The number of nitrogens with one attached hydrogen (secondary N) is 1. The molecule has 0 aliphatic rings. The number of halogens is 3. The van der Waals surface area contributed by atoms with Crippen molar-refractivity contribution in [2.24, 2.45) is 5.73 Å². The highest BCUT2D eigenvalue weighted by molar-refractivity contribution is 5.74. The monoisotopic (exact) mass is 246 g/mol. The minimum Gasteiger partial charge on any atom is -0.385 e. The van der Waals surface area contributed by atoms with Crippen molar-refractivity contribution in [3.63, 3.8) is 0 Å². The number of anilines is 1. The van der Waals surface area contributed by atoms with E-state index in [1.165, 1.54) is 19.1 Å². The second-order valence-electron chi connectivity index (χ2n) is 3.67. The number of hydrogen-bond acceptors (Lipinski definition) is 2. The average molecular weight is 246 g/mol. The Morgan fingerprint density at radius 1 is 1.41 bits per heavy atom. The van der Waals surface area contributed by atoms with Crippen molar-refractivity contribution in [2.45, 2.75) is 19.5 Å². The van der Waals surface area contributed by atoms with Gasteiger partial charge in [0, 0.05) is 18.7 Å². The highest BCUT2D eigenvalue weighted by Gasteiger charge is 2.32. The van der Waals surface area contributed by atoms with Gasteiger partial charge in [-0.2, -0.15) is 13.2 Å². The molecule has 0 unspecified atom stereocenters. The van der Waals surface area contributed by atoms with Crippen LogP contribution in [-0.2, 0) is 11.0 Å². The predicted molar refractivity (Wildman–Crippen MR) is 58.5 cm³/mol. The van der Waals surface area contributed by atoms with Crippen LogP contribution in [0.2, 0.25) is 0 Å². The second kappa shape index (κ2) is 5.07. The Bertz CT molecular complexity index is 416. The van der Waals surface area contributed by atoms with Crippen LogP contribution < -0.4 is 11.1 Å². The SMILES string of the molecule is Cc1ccc(NCCC(N)=O)cc1C(F)(F)F. The second-order valence-corrected chi connectivity index (χ2v) is 3.67. The van der Waals surface area contributed by atoms with Crippen molar-refractivity contribution < 1.29 is 18.0 Å². The van der Waals surface area contributed by atoms with Crippen LogP contribution in [0.5, 0.6) is 0 Å². The zero-order valence-electron chi connectivity index (χ0n) is 9.27. The van der Waals surface area contributed by atoms with E-state index in [9.17, 15) is 18.0 Å². The van der Waals surface area contributed by atoms with Crippen molar-refractivity contribution >= 4 is 11.6 Å². The highest BCUT2D eigenvalue weighted by atomic mass is 19.4. The quantitative estimate of drug-likeness (QED) is 0.856. The van der Waals surface area contributed by atoms with Gasteiger partial charge in [-0.05, 0) is 24.6 Å². The molecule has 3 nitrogen and oxygen atoms in total.